The van der Waals surface area contributed by atoms with E-state index in [0.717, 1.165) is 12.0 Å². The maximum Gasteiger partial charge on any atom is 0.221 e. The highest BCUT2D eigenvalue weighted by molar-refractivity contribution is 6.30. The second-order valence-electron chi connectivity index (χ2n) is 6.09. The molecule has 0 aromatic carbocycles. The minimum atomic E-state index is -0.174. The number of aromatic nitrogens is 2. The predicted octanol–water partition coefficient (Wildman–Crippen LogP) is 3.06. The fourth-order valence-corrected chi connectivity index (χ4v) is 1.81. The van der Waals surface area contributed by atoms with Crippen LogP contribution >= 0.6 is 11.6 Å². The molecule has 0 atom stereocenters. The Morgan fingerprint density at radius 2 is 1.90 bits per heavy atom. The highest BCUT2D eigenvalue weighted by Gasteiger charge is 2.20. The third kappa shape index (κ3) is 5.50. The van der Waals surface area contributed by atoms with Gasteiger partial charge in [0.2, 0.25) is 5.91 Å². The molecule has 0 fully saturated rings. The molecule has 0 aliphatic rings. The first-order chi connectivity index (χ1) is 9.75. The average molecular weight is 313 g/mol. The molecule has 0 aliphatic heterocycles. The number of halogens is 1. The monoisotopic (exact) mass is 312 g/mol. The van der Waals surface area contributed by atoms with E-state index in [-0.39, 0.29) is 11.3 Å². The maximum absolute atomic E-state index is 11.6. The third-order valence-corrected chi connectivity index (χ3v) is 3.34. The van der Waals surface area contributed by atoms with Crippen molar-refractivity contribution in [3.05, 3.63) is 16.5 Å². The second-order valence-corrected chi connectivity index (χ2v) is 6.45. The number of nitrogens with one attached hydrogen (secondary N) is 2. The van der Waals surface area contributed by atoms with E-state index in [1.165, 1.54) is 0 Å². The Hall–Kier alpha value is -1.36. The van der Waals surface area contributed by atoms with Gasteiger partial charge in [-0.3, -0.25) is 4.79 Å². The van der Waals surface area contributed by atoms with Gasteiger partial charge >= 0.3 is 0 Å². The van der Waals surface area contributed by atoms with Gasteiger partial charge in [-0.05, 0) is 13.3 Å². The number of nitrogens with zero attached hydrogens (tertiary/aromatic N) is 2. The molecule has 1 aromatic heterocycles. The molecular formula is C15H25ClN4O. The molecule has 1 aromatic rings. The summed E-state index contributed by atoms with van der Waals surface area (Å²) in [5.41, 5.74) is 0.630. The van der Waals surface area contributed by atoms with Crippen LogP contribution in [0.3, 0.4) is 0 Å². The largest absolute Gasteiger partial charge is 0.369 e. The summed E-state index contributed by atoms with van der Waals surface area (Å²) >= 11 is 6.16. The van der Waals surface area contributed by atoms with Gasteiger partial charge in [-0.25, -0.2) is 9.97 Å². The minimum Gasteiger partial charge on any atom is -0.369 e. The molecule has 0 saturated carbocycles. The summed E-state index contributed by atoms with van der Waals surface area (Å²) in [6.07, 6.45) is 1.35. The number of amides is 1. The third-order valence-electron chi connectivity index (χ3n) is 2.97. The molecule has 0 aliphatic carbocycles. The van der Waals surface area contributed by atoms with Crippen LogP contribution in [0, 0.1) is 6.92 Å². The summed E-state index contributed by atoms with van der Waals surface area (Å²) in [4.78, 5) is 20.4. The summed E-state index contributed by atoms with van der Waals surface area (Å²) in [5, 5.41) is 6.47. The summed E-state index contributed by atoms with van der Waals surface area (Å²) in [6.45, 7) is 11.2. The van der Waals surface area contributed by atoms with E-state index in [4.69, 9.17) is 11.6 Å². The first-order valence-electron chi connectivity index (χ1n) is 7.31. The molecule has 1 amide bonds. The predicted molar refractivity (Wildman–Crippen MR) is 86.9 cm³/mol. The van der Waals surface area contributed by atoms with Gasteiger partial charge in [0, 0.05) is 30.5 Å². The Bertz CT molecular complexity index is 497. The molecule has 6 heteroatoms. The summed E-state index contributed by atoms with van der Waals surface area (Å²) in [7, 11) is 0. The van der Waals surface area contributed by atoms with Crippen LogP contribution in [-0.4, -0.2) is 29.0 Å². The number of hydrogen-bond donors (Lipinski definition) is 2. The van der Waals surface area contributed by atoms with Gasteiger partial charge in [-0.2, -0.15) is 0 Å². The second kappa shape index (κ2) is 7.59. The smallest absolute Gasteiger partial charge is 0.221 e. The van der Waals surface area contributed by atoms with Gasteiger partial charge in [-0.1, -0.05) is 39.3 Å². The Labute approximate surface area is 131 Å². The van der Waals surface area contributed by atoms with E-state index in [9.17, 15) is 4.79 Å². The molecule has 2 N–H and O–H groups in total. The summed E-state index contributed by atoms with van der Waals surface area (Å²) in [6, 6.07) is 0. The van der Waals surface area contributed by atoms with Crippen molar-refractivity contribution in [1.82, 2.24) is 15.3 Å². The van der Waals surface area contributed by atoms with Gasteiger partial charge in [-0.15, -0.1) is 0 Å². The van der Waals surface area contributed by atoms with E-state index in [1.807, 2.05) is 34.6 Å². The molecule has 1 heterocycles. The zero-order valence-corrected chi connectivity index (χ0v) is 14.3. The fraction of sp³-hybridized carbons (Fsp3) is 0.667. The van der Waals surface area contributed by atoms with Gasteiger partial charge in [0.05, 0.1) is 0 Å². The summed E-state index contributed by atoms with van der Waals surface area (Å²) in [5.74, 6) is 1.43. The zero-order chi connectivity index (χ0) is 16.0. The first kappa shape index (κ1) is 17.7. The summed E-state index contributed by atoms with van der Waals surface area (Å²) < 4.78 is 0. The topological polar surface area (TPSA) is 66.9 Å². The van der Waals surface area contributed by atoms with Crippen LogP contribution < -0.4 is 10.6 Å². The Morgan fingerprint density at radius 1 is 1.24 bits per heavy atom. The molecule has 1 rings (SSSR count). The normalized spacial score (nSPS) is 11.3. The molecule has 0 radical (unpaired) electrons. The zero-order valence-electron chi connectivity index (χ0n) is 13.5. The first-order valence-corrected chi connectivity index (χ1v) is 7.68. The van der Waals surface area contributed by atoms with Gasteiger partial charge in [0.15, 0.2) is 0 Å². The van der Waals surface area contributed by atoms with Crippen LogP contribution in [0.1, 0.15) is 51.9 Å². The van der Waals surface area contributed by atoms with Crippen molar-refractivity contribution < 1.29 is 4.79 Å². The standard InChI is InChI=1S/C15H25ClN4O/c1-6-8-17-11(21)7-9-18-13-10(2)12(16)19-14(20-13)15(3,4)5/h6-9H2,1-5H3,(H,17,21)(H,18,19,20). The lowest BCUT2D eigenvalue weighted by Crippen LogP contribution is -2.26. The molecular weight excluding hydrogens is 288 g/mol. The van der Waals surface area contributed by atoms with Crippen molar-refractivity contribution in [2.24, 2.45) is 0 Å². The Morgan fingerprint density at radius 3 is 2.48 bits per heavy atom. The van der Waals surface area contributed by atoms with Crippen molar-refractivity contribution >= 4 is 23.3 Å². The van der Waals surface area contributed by atoms with E-state index < -0.39 is 0 Å². The number of anilines is 1. The SMILES string of the molecule is CCCNC(=O)CCNc1nc(C(C)(C)C)nc(Cl)c1C. The molecule has 0 unspecified atom stereocenters. The lowest BCUT2D eigenvalue weighted by molar-refractivity contribution is -0.120. The highest BCUT2D eigenvalue weighted by atomic mass is 35.5. The molecule has 5 nitrogen and oxygen atoms in total. The molecule has 0 spiro atoms. The lowest BCUT2D eigenvalue weighted by atomic mass is 9.95. The molecule has 21 heavy (non-hydrogen) atoms. The van der Waals surface area contributed by atoms with Gasteiger partial charge in [0.1, 0.15) is 16.8 Å². The lowest BCUT2D eigenvalue weighted by Gasteiger charge is -2.19. The fourth-order valence-electron chi connectivity index (χ4n) is 1.64. The van der Waals surface area contributed by atoms with Crippen molar-refractivity contribution in [3.8, 4) is 0 Å². The Kier molecular flexibility index (Phi) is 6.40. The van der Waals surface area contributed by atoms with E-state index in [2.05, 4.69) is 20.6 Å². The van der Waals surface area contributed by atoms with Crippen molar-refractivity contribution in [2.45, 2.75) is 52.9 Å². The number of carbonyl (C=O) groups is 1. The van der Waals surface area contributed by atoms with E-state index in [1.54, 1.807) is 0 Å². The van der Waals surface area contributed by atoms with Gasteiger partial charge in [0.25, 0.3) is 0 Å². The molecule has 118 valence electrons. The highest BCUT2D eigenvalue weighted by Crippen LogP contribution is 2.25. The van der Waals surface area contributed by atoms with Crippen LogP contribution in [0.5, 0.6) is 0 Å². The van der Waals surface area contributed by atoms with Crippen LogP contribution in [0.2, 0.25) is 5.15 Å². The van der Waals surface area contributed by atoms with E-state index >= 15 is 0 Å². The van der Waals surface area contributed by atoms with Crippen LogP contribution in [0.15, 0.2) is 0 Å². The maximum atomic E-state index is 11.6. The van der Waals surface area contributed by atoms with Gasteiger partial charge < -0.3 is 10.6 Å². The van der Waals surface area contributed by atoms with Crippen LogP contribution in [0.25, 0.3) is 0 Å². The minimum absolute atomic E-state index is 0.0400. The van der Waals surface area contributed by atoms with Crippen LogP contribution in [0.4, 0.5) is 5.82 Å². The van der Waals surface area contributed by atoms with E-state index in [0.29, 0.717) is 36.3 Å². The molecule has 0 saturated heterocycles. The number of carbonyl (C=O) groups excluding carboxylic acids is 1. The van der Waals surface area contributed by atoms with Crippen LogP contribution in [-0.2, 0) is 10.2 Å². The quantitative estimate of drug-likeness (QED) is 0.792. The number of hydrogen-bond acceptors (Lipinski definition) is 4. The Balaban J connectivity index is 2.70. The number of rotatable bonds is 6. The average Bonchev–Trinajstić information content (AvgIpc) is 2.39. The molecule has 0 bridgehead atoms. The van der Waals surface area contributed by atoms with Crippen molar-refractivity contribution in [2.75, 3.05) is 18.4 Å². The van der Waals surface area contributed by atoms with Crippen molar-refractivity contribution in [3.63, 3.8) is 0 Å². The van der Waals surface area contributed by atoms with Crippen molar-refractivity contribution in [1.29, 1.82) is 0 Å².